The third-order valence-electron chi connectivity index (χ3n) is 10.3. The van der Waals surface area contributed by atoms with Crippen molar-refractivity contribution in [2.24, 2.45) is 29.6 Å². The van der Waals surface area contributed by atoms with Crippen LogP contribution < -0.4 is 14.8 Å². The topological polar surface area (TPSA) is 119 Å². The van der Waals surface area contributed by atoms with Gasteiger partial charge in [-0.1, -0.05) is 84.5 Å². The zero-order valence-corrected chi connectivity index (χ0v) is 25.4. The molecule has 0 spiro atoms. The van der Waals surface area contributed by atoms with Crippen molar-refractivity contribution in [2.75, 3.05) is 14.2 Å². The third kappa shape index (κ3) is 4.35. The zero-order chi connectivity index (χ0) is 32.2. The van der Waals surface area contributed by atoms with E-state index in [2.05, 4.69) is 5.32 Å². The summed E-state index contributed by atoms with van der Waals surface area (Å²) in [7, 11) is 2.89. The molecule has 232 valence electrons. The van der Waals surface area contributed by atoms with Crippen LogP contribution in [0.25, 0.3) is 11.6 Å². The monoisotopic (exact) mass is 615 g/mol. The number of imide groups is 1. The van der Waals surface area contributed by atoms with Crippen LogP contribution in [0.3, 0.4) is 0 Å². The molecule has 0 bridgehead atoms. The number of phenols is 1. The first-order valence-corrected chi connectivity index (χ1v) is 15.4. The predicted octanol–water partition coefficient (Wildman–Crippen LogP) is 5.07. The van der Waals surface area contributed by atoms with Crippen molar-refractivity contribution in [3.8, 4) is 17.2 Å². The minimum Gasteiger partial charge on any atom is -0.502 e. The van der Waals surface area contributed by atoms with Crippen molar-refractivity contribution >= 4 is 35.0 Å². The molecule has 8 heteroatoms. The Hall–Kier alpha value is -5.24. The minimum absolute atomic E-state index is 0.134. The van der Waals surface area contributed by atoms with Gasteiger partial charge in [-0.05, 0) is 53.7 Å². The molecule has 0 radical (unpaired) electrons. The molecular formula is C38H33NO7. The summed E-state index contributed by atoms with van der Waals surface area (Å²) < 4.78 is 10.8. The average Bonchev–Trinajstić information content (AvgIpc) is 3.38. The lowest BCUT2D eigenvalue weighted by atomic mass is 9.45. The first kappa shape index (κ1) is 29.5. The summed E-state index contributed by atoms with van der Waals surface area (Å²) in [6.07, 6.45) is 7.87. The number of carbonyl (C=O) groups excluding carboxylic acids is 4. The maximum atomic E-state index is 14.9. The van der Waals surface area contributed by atoms with Crippen molar-refractivity contribution in [2.45, 2.75) is 18.3 Å². The van der Waals surface area contributed by atoms with Crippen LogP contribution in [0.1, 0.15) is 29.5 Å². The second-order valence-electron chi connectivity index (χ2n) is 12.3. The van der Waals surface area contributed by atoms with E-state index < -0.39 is 35.0 Å². The number of hydrogen-bond donors (Lipinski definition) is 2. The Balaban J connectivity index is 1.47. The minimum atomic E-state index is -1.30. The fraction of sp³-hybridized carbons (Fsp3) is 0.263. The molecule has 6 atom stereocenters. The van der Waals surface area contributed by atoms with Crippen molar-refractivity contribution in [1.82, 2.24) is 5.32 Å². The molecule has 4 aliphatic rings. The molecule has 3 aromatic rings. The van der Waals surface area contributed by atoms with Gasteiger partial charge in [-0.15, -0.1) is 0 Å². The van der Waals surface area contributed by atoms with Crippen molar-refractivity contribution in [1.29, 1.82) is 0 Å². The van der Waals surface area contributed by atoms with Crippen LogP contribution in [0.2, 0.25) is 0 Å². The fourth-order valence-corrected chi connectivity index (χ4v) is 8.25. The highest BCUT2D eigenvalue weighted by Crippen LogP contribution is 2.60. The van der Waals surface area contributed by atoms with Crippen molar-refractivity contribution in [3.05, 3.63) is 113 Å². The molecule has 0 aromatic heterocycles. The Morgan fingerprint density at radius 2 is 1.52 bits per heavy atom. The first-order chi connectivity index (χ1) is 22.3. The van der Waals surface area contributed by atoms with Gasteiger partial charge in [0.25, 0.3) is 0 Å². The van der Waals surface area contributed by atoms with Gasteiger partial charge in [0.05, 0.1) is 31.5 Å². The number of carbonyl (C=O) groups is 4. The summed E-state index contributed by atoms with van der Waals surface area (Å²) >= 11 is 0. The van der Waals surface area contributed by atoms with Gasteiger partial charge in [0.2, 0.25) is 17.6 Å². The van der Waals surface area contributed by atoms with E-state index in [1.165, 1.54) is 20.3 Å². The van der Waals surface area contributed by atoms with Crippen LogP contribution in [0.4, 0.5) is 0 Å². The highest BCUT2D eigenvalue weighted by Gasteiger charge is 2.64. The van der Waals surface area contributed by atoms with Crippen LogP contribution in [-0.4, -0.2) is 42.7 Å². The third-order valence-corrected chi connectivity index (χ3v) is 10.3. The van der Waals surface area contributed by atoms with Crippen LogP contribution in [0.15, 0.2) is 96.6 Å². The van der Waals surface area contributed by atoms with Crippen LogP contribution in [-0.2, 0) is 24.6 Å². The molecule has 1 aliphatic heterocycles. The largest absolute Gasteiger partial charge is 0.502 e. The van der Waals surface area contributed by atoms with Crippen LogP contribution in [0, 0.1) is 29.6 Å². The van der Waals surface area contributed by atoms with E-state index in [1.807, 2.05) is 78.9 Å². The van der Waals surface area contributed by atoms with Gasteiger partial charge in [0, 0.05) is 17.4 Å². The summed E-state index contributed by atoms with van der Waals surface area (Å²) in [6.45, 7) is 0. The summed E-state index contributed by atoms with van der Waals surface area (Å²) in [4.78, 5) is 55.7. The highest BCUT2D eigenvalue weighted by atomic mass is 16.5. The summed E-state index contributed by atoms with van der Waals surface area (Å²) in [5.74, 6) is -3.66. The lowest BCUT2D eigenvalue weighted by Crippen LogP contribution is -2.59. The summed E-state index contributed by atoms with van der Waals surface area (Å²) in [5, 5.41) is 13.0. The van der Waals surface area contributed by atoms with E-state index >= 15 is 0 Å². The van der Waals surface area contributed by atoms with Crippen molar-refractivity contribution < 1.29 is 33.8 Å². The number of amides is 2. The molecule has 1 heterocycles. The number of Topliss-reactive ketones (excluding diaryl/α,β-unsaturated/α-hetero) is 1. The lowest BCUT2D eigenvalue weighted by Gasteiger charge is -2.54. The first-order valence-electron chi connectivity index (χ1n) is 15.4. The lowest BCUT2D eigenvalue weighted by molar-refractivity contribution is -0.135. The standard InChI is InChI=1S/C38H33NO7/c1-45-30-17-21(18-31(46-2)35(30)42)13-16-28-24-14-15-25-33(37(44)39-36(25)43)27(24)19-29-34(41)26(22-9-5-3-6-10-22)20-32(40)38(28,29)23-11-7-4-8-12-23/h3-14,16-18,20,25,27-29,33,42H,15,19H2,1-2H3,(H,39,43,44). The molecule has 7 rings (SSSR count). The Bertz CT molecular complexity index is 1830. The number of phenolic OH excluding ortho intramolecular Hbond substituents is 1. The van der Waals surface area contributed by atoms with Gasteiger partial charge in [0.15, 0.2) is 23.1 Å². The van der Waals surface area contributed by atoms with E-state index in [9.17, 15) is 24.3 Å². The molecular weight excluding hydrogens is 582 g/mol. The van der Waals surface area contributed by atoms with Gasteiger partial charge >= 0.3 is 0 Å². The van der Waals surface area contributed by atoms with E-state index in [0.717, 1.165) is 5.57 Å². The van der Waals surface area contributed by atoms with E-state index in [0.29, 0.717) is 28.7 Å². The smallest absolute Gasteiger partial charge is 0.231 e. The summed E-state index contributed by atoms with van der Waals surface area (Å²) in [5.41, 5.74) is 1.95. The number of benzene rings is 3. The second-order valence-corrected chi connectivity index (χ2v) is 12.3. The highest BCUT2D eigenvalue weighted by molar-refractivity contribution is 6.31. The molecule has 1 saturated carbocycles. The Kier molecular flexibility index (Phi) is 7.23. The molecule has 1 saturated heterocycles. The molecule has 3 aromatic carbocycles. The zero-order valence-electron chi connectivity index (χ0n) is 25.4. The Labute approximate surface area is 266 Å². The number of rotatable bonds is 6. The van der Waals surface area contributed by atoms with Crippen LogP contribution >= 0.6 is 0 Å². The van der Waals surface area contributed by atoms with E-state index in [4.69, 9.17) is 9.47 Å². The van der Waals surface area contributed by atoms with E-state index in [1.54, 1.807) is 12.1 Å². The molecule has 3 aliphatic carbocycles. The normalized spacial score (nSPS) is 28.5. The Morgan fingerprint density at radius 3 is 2.17 bits per heavy atom. The number of ketones is 2. The molecule has 6 unspecified atom stereocenters. The van der Waals surface area contributed by atoms with Gasteiger partial charge in [0.1, 0.15) is 0 Å². The fourth-order valence-electron chi connectivity index (χ4n) is 8.25. The maximum Gasteiger partial charge on any atom is 0.231 e. The number of nitrogens with one attached hydrogen (secondary N) is 1. The molecule has 2 N–H and O–H groups in total. The summed E-state index contributed by atoms with van der Waals surface area (Å²) in [6, 6.07) is 21.9. The second kappa shape index (κ2) is 11.3. The molecule has 2 fully saturated rings. The van der Waals surface area contributed by atoms with Gasteiger partial charge < -0.3 is 14.6 Å². The average molecular weight is 616 g/mol. The van der Waals surface area contributed by atoms with Gasteiger partial charge in [-0.25, -0.2) is 0 Å². The van der Waals surface area contributed by atoms with Crippen LogP contribution in [0.5, 0.6) is 17.2 Å². The Morgan fingerprint density at radius 1 is 0.870 bits per heavy atom. The number of methoxy groups -OCH3 is 2. The van der Waals surface area contributed by atoms with Gasteiger partial charge in [-0.2, -0.15) is 0 Å². The molecule has 2 amide bonds. The molecule has 46 heavy (non-hydrogen) atoms. The number of hydrogen-bond acceptors (Lipinski definition) is 7. The maximum absolute atomic E-state index is 14.9. The number of aromatic hydroxyl groups is 1. The van der Waals surface area contributed by atoms with Crippen molar-refractivity contribution in [3.63, 3.8) is 0 Å². The SMILES string of the molecule is COc1cc(C=CC2C3=CCC4C(=O)NC(=O)C4C3CC3C(=O)C(c4ccccc4)=CC(=O)C23c2ccccc2)cc(OC)c1O. The number of ether oxygens (including phenoxy) is 2. The van der Waals surface area contributed by atoms with E-state index in [-0.39, 0.29) is 47.1 Å². The number of allylic oxidation sites excluding steroid dienone is 5. The van der Waals surface area contributed by atoms with Gasteiger partial charge in [-0.3, -0.25) is 24.5 Å². The number of fused-ring (bicyclic) bond motifs is 4. The molecule has 8 nitrogen and oxygen atoms in total. The quantitative estimate of drug-likeness (QED) is 0.294. The predicted molar refractivity (Wildman–Crippen MR) is 171 cm³/mol.